The van der Waals surface area contributed by atoms with Crippen LogP contribution in [0.2, 0.25) is 0 Å². The van der Waals surface area contributed by atoms with E-state index in [0.717, 1.165) is 32.7 Å². The number of halogens is 1. The Kier molecular flexibility index (Phi) is 13.6. The number of nitrogens with zero attached hydrogens (tertiary/aromatic N) is 1. The number of nitrogens with one attached hydrogen (secondary N) is 1. The number of likely N-dealkylation sites (tertiary alicyclic amines) is 1. The highest BCUT2D eigenvalue weighted by Gasteiger charge is 2.48. The molecule has 0 aliphatic carbocycles. The van der Waals surface area contributed by atoms with E-state index in [4.69, 9.17) is 16.3 Å². The molecule has 2 aliphatic heterocycles. The van der Waals surface area contributed by atoms with Crippen molar-refractivity contribution in [3.05, 3.63) is 29.8 Å². The van der Waals surface area contributed by atoms with Gasteiger partial charge >= 0.3 is 11.9 Å². The Bertz CT molecular complexity index is 999. The van der Waals surface area contributed by atoms with Gasteiger partial charge in [-0.05, 0) is 51.1 Å². The highest BCUT2D eigenvalue weighted by atomic mass is 35.5. The maximum atomic E-state index is 12.9. The van der Waals surface area contributed by atoms with Crippen LogP contribution in [0.25, 0.3) is 0 Å². The Morgan fingerprint density at radius 3 is 2.40 bits per heavy atom. The molecule has 2 heterocycles. The Hall–Kier alpha value is -1.93. The van der Waals surface area contributed by atoms with Gasteiger partial charge in [0.25, 0.3) is 0 Å². The molecular weight excluding hydrogens is 564 g/mol. The molecule has 1 aromatic rings. The number of hydrogen-bond donors (Lipinski definition) is 5. The maximum Gasteiger partial charge on any atom is 0.349 e. The number of benzene rings is 1. The van der Waals surface area contributed by atoms with E-state index in [1.807, 2.05) is 11.9 Å². The lowest BCUT2D eigenvalue weighted by atomic mass is 9.92. The molecule has 40 heavy (non-hydrogen) atoms. The molecule has 1 amide bonds. The molecule has 226 valence electrons. The molecule has 5 N–H and O–H groups in total. The Morgan fingerprint density at radius 2 is 1.85 bits per heavy atom. The number of phenolic OH excluding ortho intramolecular Hbond substituents is 1. The third kappa shape index (κ3) is 9.04. The first-order chi connectivity index (χ1) is 18.8. The molecule has 2 aliphatic rings. The largest absolute Gasteiger partial charge is 0.507 e. The van der Waals surface area contributed by atoms with E-state index in [0.29, 0.717) is 5.92 Å². The van der Waals surface area contributed by atoms with Crippen LogP contribution in [-0.2, 0) is 19.1 Å². The molecule has 9 atom stereocenters. The maximum absolute atomic E-state index is 12.9. The van der Waals surface area contributed by atoms with Gasteiger partial charge in [-0.1, -0.05) is 25.5 Å². The summed E-state index contributed by atoms with van der Waals surface area (Å²) in [4.78, 5) is 36.4. The zero-order chi connectivity index (χ0) is 30.1. The first kappa shape index (κ1) is 34.3. The number of aromatic hydroxyl groups is 1. The molecule has 13 heteroatoms. The molecule has 3 rings (SSSR count). The van der Waals surface area contributed by atoms with Gasteiger partial charge in [-0.15, -0.1) is 23.4 Å². The molecule has 11 nitrogen and oxygen atoms in total. The van der Waals surface area contributed by atoms with Gasteiger partial charge in [0, 0.05) is 13.5 Å². The van der Waals surface area contributed by atoms with Crippen LogP contribution in [-0.4, -0.2) is 110 Å². The number of amides is 1. The van der Waals surface area contributed by atoms with E-state index in [1.165, 1.54) is 23.9 Å². The predicted molar refractivity (Wildman–Crippen MR) is 151 cm³/mol. The number of aliphatic hydroxyl groups is 3. The Labute approximate surface area is 244 Å². The van der Waals surface area contributed by atoms with Crippen LogP contribution < -0.4 is 5.32 Å². The monoisotopic (exact) mass is 604 g/mol. The van der Waals surface area contributed by atoms with Crippen molar-refractivity contribution in [1.82, 2.24) is 10.2 Å². The molecule has 0 aromatic heterocycles. The van der Waals surface area contributed by atoms with Crippen molar-refractivity contribution in [2.24, 2.45) is 5.92 Å². The van der Waals surface area contributed by atoms with Crippen LogP contribution in [0.15, 0.2) is 24.3 Å². The minimum absolute atomic E-state index is 0.0160. The van der Waals surface area contributed by atoms with Gasteiger partial charge in [0.2, 0.25) is 5.91 Å². The van der Waals surface area contributed by atoms with Crippen molar-refractivity contribution in [2.45, 2.75) is 87.3 Å². The van der Waals surface area contributed by atoms with E-state index >= 15 is 0 Å². The number of aliphatic hydroxyl groups excluding tert-OH is 3. The number of ether oxygens (including phenoxy) is 2. The van der Waals surface area contributed by atoms with Crippen LogP contribution in [0.3, 0.4) is 0 Å². The van der Waals surface area contributed by atoms with Gasteiger partial charge in [-0.3, -0.25) is 14.5 Å². The van der Waals surface area contributed by atoms with E-state index in [1.54, 1.807) is 25.3 Å². The highest BCUT2D eigenvalue weighted by Crippen LogP contribution is 2.31. The number of likely N-dealkylation sites (N-methyl/N-ethyl adjacent to an activating group) is 1. The SMILES string of the molecule is CC(=O)OC(=O)c1ccccc1O.CCC[C@@H]1C[C@@H](C(=O)N[C@@H]([C@H]2O[C@H](SC)[C@H](O)[C@@H](O)[C@H]2O)[C@H](C)Cl)N(C)C1. The minimum atomic E-state index is -1.36. The normalized spacial score (nSPS) is 30.0. The lowest BCUT2D eigenvalue weighted by molar-refractivity contribution is -0.205. The topological polar surface area (TPSA) is 166 Å². The van der Waals surface area contributed by atoms with E-state index < -0.39 is 53.2 Å². The molecular formula is C27H41ClN2O9S. The van der Waals surface area contributed by atoms with Crippen LogP contribution in [0.5, 0.6) is 5.75 Å². The zero-order valence-electron chi connectivity index (χ0n) is 23.4. The average molecular weight is 605 g/mol. The van der Waals surface area contributed by atoms with Gasteiger partial charge in [0.15, 0.2) is 0 Å². The summed E-state index contributed by atoms with van der Waals surface area (Å²) in [5.74, 6) is -1.39. The molecule has 2 saturated heterocycles. The summed E-state index contributed by atoms with van der Waals surface area (Å²) in [5, 5.41) is 42.2. The fourth-order valence-corrected chi connectivity index (χ4v) is 5.83. The summed E-state index contributed by atoms with van der Waals surface area (Å²) < 4.78 is 10.1. The molecule has 1 aromatic carbocycles. The second-order valence-electron chi connectivity index (χ2n) is 10.1. The summed E-state index contributed by atoms with van der Waals surface area (Å²) in [5.41, 5.74) is -0.719. The third-order valence-electron chi connectivity index (χ3n) is 6.99. The number of phenols is 1. The van der Waals surface area contributed by atoms with E-state index in [9.17, 15) is 34.8 Å². The quantitative estimate of drug-likeness (QED) is 0.166. The smallest absolute Gasteiger partial charge is 0.349 e. The van der Waals surface area contributed by atoms with E-state index in [2.05, 4.69) is 17.0 Å². The Morgan fingerprint density at radius 1 is 1.20 bits per heavy atom. The molecule has 2 fully saturated rings. The van der Waals surface area contributed by atoms with Crippen LogP contribution in [0.1, 0.15) is 50.4 Å². The fourth-order valence-electron chi connectivity index (χ4n) is 4.95. The second-order valence-corrected chi connectivity index (χ2v) is 11.8. The molecule has 0 unspecified atom stereocenters. The van der Waals surface area contributed by atoms with Gasteiger partial charge in [0.05, 0.1) is 17.5 Å². The third-order valence-corrected chi connectivity index (χ3v) is 8.12. The number of rotatable bonds is 8. The van der Waals surface area contributed by atoms with Crippen molar-refractivity contribution in [1.29, 1.82) is 0 Å². The number of hydrogen-bond acceptors (Lipinski definition) is 11. The zero-order valence-corrected chi connectivity index (χ0v) is 25.0. The lowest BCUT2D eigenvalue weighted by Gasteiger charge is -2.44. The number of alkyl halides is 1. The van der Waals surface area contributed by atoms with Crippen molar-refractivity contribution in [2.75, 3.05) is 19.8 Å². The summed E-state index contributed by atoms with van der Waals surface area (Å²) in [6, 6.07) is 4.92. The van der Waals surface area contributed by atoms with Crippen molar-refractivity contribution in [3.8, 4) is 5.75 Å². The van der Waals surface area contributed by atoms with Crippen LogP contribution in [0.4, 0.5) is 0 Å². The summed E-state index contributed by atoms with van der Waals surface area (Å²) in [7, 11) is 1.94. The molecule has 0 radical (unpaired) electrons. The van der Waals surface area contributed by atoms with Crippen LogP contribution >= 0.6 is 23.4 Å². The number of esters is 2. The summed E-state index contributed by atoms with van der Waals surface area (Å²) in [6.45, 7) is 5.86. The first-order valence-electron chi connectivity index (χ1n) is 13.2. The predicted octanol–water partition coefficient (Wildman–Crippen LogP) is 1.48. The second kappa shape index (κ2) is 15.9. The highest BCUT2D eigenvalue weighted by molar-refractivity contribution is 7.99. The van der Waals surface area contributed by atoms with Gasteiger partial charge in [-0.2, -0.15) is 0 Å². The minimum Gasteiger partial charge on any atom is -0.507 e. The fraction of sp³-hybridized carbons (Fsp3) is 0.667. The first-order valence-corrected chi connectivity index (χ1v) is 14.9. The summed E-state index contributed by atoms with van der Waals surface area (Å²) in [6.07, 6.45) is -0.0980. The van der Waals surface area contributed by atoms with Gasteiger partial charge < -0.3 is 35.2 Å². The van der Waals surface area contributed by atoms with Gasteiger partial charge in [-0.25, -0.2) is 4.79 Å². The van der Waals surface area contributed by atoms with Crippen molar-refractivity contribution in [3.63, 3.8) is 0 Å². The van der Waals surface area contributed by atoms with Crippen molar-refractivity contribution >= 4 is 41.2 Å². The van der Waals surface area contributed by atoms with Crippen molar-refractivity contribution < 1.29 is 44.3 Å². The number of carbonyl (C=O) groups is 3. The van der Waals surface area contributed by atoms with E-state index in [-0.39, 0.29) is 23.3 Å². The standard InChI is InChI=1S/C18H33ClN2O5S.C9H8O4/c1-5-6-10-7-11(21(3)8-10)17(25)20-12(9(2)19)16-14(23)13(22)15(24)18(26-16)27-4;1-6(10)13-9(12)7-4-2-3-5-8(7)11/h9-16,18,22-24H,5-8H2,1-4H3,(H,20,25);2-5,11H,1H3/t9-,10+,11-,12+,13-,14+,15+,16+,18+;/m0./s1. The molecule has 0 bridgehead atoms. The number of carbonyl (C=O) groups excluding carboxylic acids is 3. The summed E-state index contributed by atoms with van der Waals surface area (Å²) >= 11 is 7.55. The van der Waals surface area contributed by atoms with Crippen LogP contribution in [0, 0.1) is 5.92 Å². The average Bonchev–Trinajstić information content (AvgIpc) is 3.26. The van der Waals surface area contributed by atoms with Gasteiger partial charge in [0.1, 0.15) is 41.2 Å². The molecule has 0 spiro atoms. The number of para-hydroxylation sites is 1. The molecule has 0 saturated carbocycles. The lowest BCUT2D eigenvalue weighted by Crippen LogP contribution is -2.65. The number of thioether (sulfide) groups is 1. The Balaban J connectivity index is 0.000000360.